The molecular formula is C16H13N5O. The molecule has 2 heterocycles. The molecule has 3 aromatic rings. The fraction of sp³-hybridized carbons (Fsp3) is 0.125. The normalized spacial score (nSPS) is 12.0. The molecule has 0 bridgehead atoms. The number of nitrogens with zero attached hydrogens (tertiary/aromatic N) is 3. The Hall–Kier alpha value is -3.20. The molecule has 0 saturated carbocycles. The first-order valence-corrected chi connectivity index (χ1v) is 6.75. The van der Waals surface area contributed by atoms with Crippen LogP contribution in [0.25, 0.3) is 22.3 Å². The molecule has 1 amide bonds. The minimum atomic E-state index is -0.826. The fourth-order valence-electron chi connectivity index (χ4n) is 2.39. The minimum absolute atomic E-state index is 0.293. The highest BCUT2D eigenvalue weighted by Crippen LogP contribution is 2.25. The quantitative estimate of drug-likeness (QED) is 0.763. The summed E-state index contributed by atoms with van der Waals surface area (Å²) in [6, 6.07) is 11.4. The van der Waals surface area contributed by atoms with Gasteiger partial charge >= 0.3 is 0 Å². The van der Waals surface area contributed by atoms with Crippen molar-refractivity contribution >= 4 is 16.9 Å². The number of hydrogen-bond acceptors (Lipinski definition) is 4. The van der Waals surface area contributed by atoms with Crippen molar-refractivity contribution in [2.45, 2.75) is 6.42 Å². The number of aromatic amines is 1. The van der Waals surface area contributed by atoms with Crippen LogP contribution < -0.4 is 5.73 Å². The monoisotopic (exact) mass is 291 g/mol. The molecule has 0 spiro atoms. The molecule has 2 aromatic heterocycles. The van der Waals surface area contributed by atoms with Crippen LogP contribution in [0, 0.1) is 17.2 Å². The number of H-pyrrole nitrogens is 1. The van der Waals surface area contributed by atoms with Crippen LogP contribution in [-0.2, 0) is 11.2 Å². The van der Waals surface area contributed by atoms with Crippen molar-refractivity contribution in [3.05, 3.63) is 48.4 Å². The summed E-state index contributed by atoms with van der Waals surface area (Å²) in [5.41, 5.74) is 8.56. The summed E-state index contributed by atoms with van der Waals surface area (Å²) in [7, 11) is 0. The second-order valence-electron chi connectivity index (χ2n) is 4.95. The zero-order chi connectivity index (χ0) is 15.5. The Balaban J connectivity index is 2.00. The maximum absolute atomic E-state index is 11.2. The van der Waals surface area contributed by atoms with Gasteiger partial charge in [-0.25, -0.2) is 9.97 Å². The molecule has 0 aliphatic heterocycles. The highest BCUT2D eigenvalue weighted by atomic mass is 16.1. The number of carbonyl (C=O) groups is 1. The van der Waals surface area contributed by atoms with Gasteiger partial charge in [0.05, 0.1) is 11.8 Å². The molecule has 108 valence electrons. The van der Waals surface area contributed by atoms with E-state index in [-0.39, 0.29) is 0 Å². The van der Waals surface area contributed by atoms with Gasteiger partial charge in [0.1, 0.15) is 17.9 Å². The van der Waals surface area contributed by atoms with Gasteiger partial charge < -0.3 is 10.7 Å². The van der Waals surface area contributed by atoms with Crippen LogP contribution in [0.4, 0.5) is 0 Å². The summed E-state index contributed by atoms with van der Waals surface area (Å²) in [4.78, 5) is 22.8. The molecule has 1 aromatic carbocycles. The second kappa shape index (κ2) is 5.66. The van der Waals surface area contributed by atoms with Crippen molar-refractivity contribution in [2.75, 3.05) is 0 Å². The molecule has 6 nitrogen and oxygen atoms in total. The van der Waals surface area contributed by atoms with Crippen molar-refractivity contribution in [3.63, 3.8) is 0 Å². The fourth-order valence-corrected chi connectivity index (χ4v) is 2.39. The molecule has 0 radical (unpaired) electrons. The molecule has 0 aliphatic carbocycles. The van der Waals surface area contributed by atoms with E-state index in [1.54, 1.807) is 0 Å². The lowest BCUT2D eigenvalue weighted by Crippen LogP contribution is -2.23. The summed E-state index contributed by atoms with van der Waals surface area (Å²) < 4.78 is 0. The van der Waals surface area contributed by atoms with E-state index < -0.39 is 11.8 Å². The molecule has 0 unspecified atom stereocenters. The predicted octanol–water partition coefficient (Wildman–Crippen LogP) is 1.79. The van der Waals surface area contributed by atoms with E-state index in [0.717, 1.165) is 27.9 Å². The van der Waals surface area contributed by atoms with Crippen molar-refractivity contribution in [1.29, 1.82) is 5.26 Å². The first-order chi connectivity index (χ1) is 10.7. The maximum Gasteiger partial charge on any atom is 0.235 e. The number of benzene rings is 1. The smallest absolute Gasteiger partial charge is 0.235 e. The van der Waals surface area contributed by atoms with Crippen LogP contribution in [-0.4, -0.2) is 20.9 Å². The molecule has 3 N–H and O–H groups in total. The van der Waals surface area contributed by atoms with Crippen LogP contribution in [0.3, 0.4) is 0 Å². The summed E-state index contributed by atoms with van der Waals surface area (Å²) in [5.74, 6) is -1.43. The van der Waals surface area contributed by atoms with Gasteiger partial charge in [-0.15, -0.1) is 0 Å². The van der Waals surface area contributed by atoms with Crippen molar-refractivity contribution < 1.29 is 4.79 Å². The van der Waals surface area contributed by atoms with Crippen molar-refractivity contribution in [3.8, 4) is 17.3 Å². The zero-order valence-electron chi connectivity index (χ0n) is 11.7. The van der Waals surface area contributed by atoms with Crippen LogP contribution >= 0.6 is 0 Å². The molecule has 22 heavy (non-hydrogen) atoms. The van der Waals surface area contributed by atoms with Crippen LogP contribution in [0.5, 0.6) is 0 Å². The second-order valence-corrected chi connectivity index (χ2v) is 4.95. The van der Waals surface area contributed by atoms with Gasteiger partial charge in [-0.3, -0.25) is 4.79 Å². The van der Waals surface area contributed by atoms with E-state index in [2.05, 4.69) is 15.0 Å². The Morgan fingerprint density at radius 3 is 3.00 bits per heavy atom. The number of nitrogens with one attached hydrogen (secondary N) is 1. The molecular weight excluding hydrogens is 278 g/mol. The topological polar surface area (TPSA) is 108 Å². The molecule has 3 rings (SSSR count). The van der Waals surface area contributed by atoms with E-state index >= 15 is 0 Å². The van der Waals surface area contributed by atoms with Gasteiger partial charge in [0.25, 0.3) is 0 Å². The number of nitriles is 1. The highest BCUT2D eigenvalue weighted by molar-refractivity contribution is 5.90. The summed E-state index contributed by atoms with van der Waals surface area (Å²) >= 11 is 0. The number of carbonyl (C=O) groups excluding carboxylic acids is 1. The predicted molar refractivity (Wildman–Crippen MR) is 81.3 cm³/mol. The van der Waals surface area contributed by atoms with Gasteiger partial charge in [-0.1, -0.05) is 18.2 Å². The molecule has 0 saturated heterocycles. The number of primary amides is 1. The van der Waals surface area contributed by atoms with Gasteiger partial charge in [0, 0.05) is 17.1 Å². The van der Waals surface area contributed by atoms with E-state index in [1.165, 1.54) is 6.33 Å². The van der Waals surface area contributed by atoms with E-state index in [1.807, 2.05) is 42.6 Å². The van der Waals surface area contributed by atoms with Gasteiger partial charge in [-0.05, 0) is 24.1 Å². The number of rotatable bonds is 4. The molecule has 0 fully saturated rings. The number of nitrogens with two attached hydrogens (primary N) is 1. The lowest BCUT2D eigenvalue weighted by Gasteiger charge is -2.08. The first kappa shape index (κ1) is 13.8. The Kier molecular flexibility index (Phi) is 3.54. The summed E-state index contributed by atoms with van der Waals surface area (Å²) in [5, 5.41) is 9.90. The van der Waals surface area contributed by atoms with Crippen LogP contribution in [0.15, 0.2) is 42.9 Å². The van der Waals surface area contributed by atoms with Gasteiger partial charge in [0.2, 0.25) is 5.91 Å². The summed E-state index contributed by atoms with van der Waals surface area (Å²) in [6.07, 6.45) is 3.61. The lowest BCUT2D eigenvalue weighted by atomic mass is 9.97. The standard InChI is InChI=1S/C16H13N5O/c17-8-12(15(18)22)7-10-2-1-3-11(6-10)14-13-4-5-19-16(13)21-9-20-14/h1-6,9,12H,7H2,(H2,18,22)(H,19,20,21)/t12-/m0/s1. The maximum atomic E-state index is 11.2. The van der Waals surface area contributed by atoms with Gasteiger partial charge in [-0.2, -0.15) is 5.26 Å². The molecule has 0 aliphatic rings. The Labute approximate surface area is 126 Å². The van der Waals surface area contributed by atoms with E-state index in [9.17, 15) is 4.79 Å². The number of amides is 1. The summed E-state index contributed by atoms with van der Waals surface area (Å²) in [6.45, 7) is 0. The van der Waals surface area contributed by atoms with Crippen molar-refractivity contribution in [2.24, 2.45) is 11.7 Å². The molecule has 6 heteroatoms. The third kappa shape index (κ3) is 2.52. The zero-order valence-corrected chi connectivity index (χ0v) is 11.7. The largest absolute Gasteiger partial charge is 0.369 e. The number of aromatic nitrogens is 3. The lowest BCUT2D eigenvalue weighted by molar-refractivity contribution is -0.120. The highest BCUT2D eigenvalue weighted by Gasteiger charge is 2.15. The van der Waals surface area contributed by atoms with E-state index in [4.69, 9.17) is 11.0 Å². The Bertz CT molecular complexity index is 877. The Morgan fingerprint density at radius 1 is 1.36 bits per heavy atom. The average molecular weight is 291 g/mol. The minimum Gasteiger partial charge on any atom is -0.369 e. The third-order valence-corrected chi connectivity index (χ3v) is 3.49. The van der Waals surface area contributed by atoms with E-state index in [0.29, 0.717) is 6.42 Å². The SMILES string of the molecule is N#C[C@H](Cc1cccc(-c2ncnc3[nH]ccc23)c1)C(N)=O. The average Bonchev–Trinajstić information content (AvgIpc) is 3.01. The third-order valence-electron chi connectivity index (χ3n) is 3.49. The van der Waals surface area contributed by atoms with Crippen LogP contribution in [0.1, 0.15) is 5.56 Å². The van der Waals surface area contributed by atoms with Crippen LogP contribution in [0.2, 0.25) is 0 Å². The first-order valence-electron chi connectivity index (χ1n) is 6.75. The number of fused-ring (bicyclic) bond motifs is 1. The van der Waals surface area contributed by atoms with Gasteiger partial charge in [0.15, 0.2) is 0 Å². The Morgan fingerprint density at radius 2 is 2.23 bits per heavy atom. The van der Waals surface area contributed by atoms with Crippen molar-refractivity contribution in [1.82, 2.24) is 15.0 Å². The molecule has 1 atom stereocenters. The number of hydrogen-bond donors (Lipinski definition) is 2.